The van der Waals surface area contributed by atoms with Crippen LogP contribution in [0.4, 0.5) is 5.69 Å². The van der Waals surface area contributed by atoms with Gasteiger partial charge in [0.25, 0.3) is 0 Å². The number of benzene rings is 2. The highest BCUT2D eigenvalue weighted by atomic mass is 35.5. The molecule has 0 aromatic heterocycles. The van der Waals surface area contributed by atoms with Gasteiger partial charge in [-0.05, 0) is 36.8 Å². The molecule has 20 heavy (non-hydrogen) atoms. The zero-order chi connectivity index (χ0) is 14.1. The number of carbonyl (C=O) groups excluding carboxylic acids is 1. The maximum absolute atomic E-state index is 12.4. The lowest BCUT2D eigenvalue weighted by Crippen LogP contribution is -2.30. The van der Waals surface area contributed by atoms with Crippen molar-refractivity contribution in [1.29, 1.82) is 0 Å². The average Bonchev–Trinajstić information content (AvgIpc) is 2.77. The van der Waals surface area contributed by atoms with Gasteiger partial charge in [0.15, 0.2) is 0 Å². The summed E-state index contributed by atoms with van der Waals surface area (Å²) in [6.07, 6.45) is 0. The Morgan fingerprint density at radius 3 is 2.35 bits per heavy atom. The summed E-state index contributed by atoms with van der Waals surface area (Å²) in [5, 5.41) is 0.674. The summed E-state index contributed by atoms with van der Waals surface area (Å²) in [4.78, 5) is 14.3. The fourth-order valence-electron chi connectivity index (χ4n) is 2.33. The molecule has 0 bridgehead atoms. The van der Waals surface area contributed by atoms with E-state index in [1.165, 1.54) is 0 Å². The predicted octanol–water partition coefficient (Wildman–Crippen LogP) is 4.51. The SMILES string of the molecule is CC1SC(c2ccccc2)N(c2ccc(Cl)cc2)C1=O. The molecule has 1 heterocycles. The fraction of sp³-hybridized carbons (Fsp3) is 0.188. The molecule has 2 aromatic rings. The van der Waals surface area contributed by atoms with Gasteiger partial charge in [0, 0.05) is 10.7 Å². The van der Waals surface area contributed by atoms with Gasteiger partial charge in [-0.3, -0.25) is 9.69 Å². The molecule has 0 radical (unpaired) electrons. The second-order valence-corrected chi connectivity index (χ2v) is 6.59. The van der Waals surface area contributed by atoms with Crippen LogP contribution in [0.5, 0.6) is 0 Å². The molecule has 0 spiro atoms. The summed E-state index contributed by atoms with van der Waals surface area (Å²) in [5.41, 5.74) is 2.04. The van der Waals surface area contributed by atoms with Gasteiger partial charge in [-0.2, -0.15) is 0 Å². The minimum Gasteiger partial charge on any atom is -0.295 e. The average molecular weight is 304 g/mol. The molecule has 0 saturated carbocycles. The minimum absolute atomic E-state index is 0.0277. The molecular formula is C16H14ClNOS. The molecule has 1 saturated heterocycles. The van der Waals surface area contributed by atoms with E-state index >= 15 is 0 Å². The number of hydrogen-bond acceptors (Lipinski definition) is 2. The first-order chi connectivity index (χ1) is 9.66. The number of carbonyl (C=O) groups is 1. The van der Waals surface area contributed by atoms with Crippen molar-refractivity contribution in [2.75, 3.05) is 4.90 Å². The van der Waals surface area contributed by atoms with E-state index in [1.807, 2.05) is 54.3 Å². The highest BCUT2D eigenvalue weighted by molar-refractivity contribution is 8.01. The van der Waals surface area contributed by atoms with E-state index in [0.717, 1.165) is 11.3 Å². The van der Waals surface area contributed by atoms with E-state index in [-0.39, 0.29) is 16.5 Å². The number of amides is 1. The first kappa shape index (κ1) is 13.5. The number of nitrogens with zero attached hydrogens (tertiary/aromatic N) is 1. The summed E-state index contributed by atoms with van der Waals surface area (Å²) < 4.78 is 0. The van der Waals surface area contributed by atoms with Crippen molar-refractivity contribution in [3.63, 3.8) is 0 Å². The molecule has 1 fully saturated rings. The van der Waals surface area contributed by atoms with E-state index in [0.29, 0.717) is 5.02 Å². The van der Waals surface area contributed by atoms with Gasteiger partial charge in [0.1, 0.15) is 5.37 Å². The van der Waals surface area contributed by atoms with Gasteiger partial charge < -0.3 is 0 Å². The van der Waals surface area contributed by atoms with Gasteiger partial charge in [-0.15, -0.1) is 11.8 Å². The lowest BCUT2D eigenvalue weighted by Gasteiger charge is -2.24. The van der Waals surface area contributed by atoms with Crippen LogP contribution in [-0.4, -0.2) is 11.2 Å². The Balaban J connectivity index is 2.01. The lowest BCUT2D eigenvalue weighted by atomic mass is 10.2. The van der Waals surface area contributed by atoms with Gasteiger partial charge in [-0.25, -0.2) is 0 Å². The van der Waals surface area contributed by atoms with Crippen molar-refractivity contribution in [3.8, 4) is 0 Å². The van der Waals surface area contributed by atoms with Crippen LogP contribution in [0.3, 0.4) is 0 Å². The summed E-state index contributed by atoms with van der Waals surface area (Å²) in [7, 11) is 0. The van der Waals surface area contributed by atoms with Crippen molar-refractivity contribution in [2.24, 2.45) is 0 Å². The van der Waals surface area contributed by atoms with Crippen LogP contribution in [0.15, 0.2) is 54.6 Å². The van der Waals surface area contributed by atoms with Gasteiger partial charge in [0.2, 0.25) is 5.91 Å². The Morgan fingerprint density at radius 1 is 1.05 bits per heavy atom. The number of halogens is 1. The Morgan fingerprint density at radius 2 is 1.70 bits per heavy atom. The number of anilines is 1. The molecule has 3 rings (SSSR count). The molecule has 1 aliphatic rings. The molecule has 4 heteroatoms. The summed E-state index contributed by atoms with van der Waals surface area (Å²) in [6, 6.07) is 17.6. The van der Waals surface area contributed by atoms with E-state index in [1.54, 1.807) is 11.8 Å². The highest BCUT2D eigenvalue weighted by Gasteiger charge is 2.39. The Hall–Kier alpha value is -1.45. The van der Waals surface area contributed by atoms with Crippen LogP contribution in [0.1, 0.15) is 17.9 Å². The molecule has 102 valence electrons. The largest absolute Gasteiger partial charge is 0.295 e. The first-order valence-electron chi connectivity index (χ1n) is 6.46. The fourth-order valence-corrected chi connectivity index (χ4v) is 3.74. The summed E-state index contributed by atoms with van der Waals surface area (Å²) >= 11 is 7.61. The molecule has 2 nitrogen and oxygen atoms in total. The standard InChI is InChI=1S/C16H14ClNOS/c1-11-15(19)18(14-9-7-13(17)8-10-14)16(20-11)12-5-3-2-4-6-12/h2-11,16H,1H3. The Kier molecular flexibility index (Phi) is 3.72. The molecule has 0 N–H and O–H groups in total. The van der Waals surface area contributed by atoms with Crippen LogP contribution in [0, 0.1) is 0 Å². The number of hydrogen-bond donors (Lipinski definition) is 0. The van der Waals surface area contributed by atoms with E-state index < -0.39 is 0 Å². The molecule has 2 aromatic carbocycles. The normalized spacial score (nSPS) is 22.3. The number of thioether (sulfide) groups is 1. The van der Waals surface area contributed by atoms with Crippen molar-refractivity contribution < 1.29 is 4.79 Å². The molecule has 2 atom stereocenters. The van der Waals surface area contributed by atoms with Crippen LogP contribution in [-0.2, 0) is 4.79 Å². The summed E-state index contributed by atoms with van der Waals surface area (Å²) in [5.74, 6) is 0.145. The molecule has 1 aliphatic heterocycles. The predicted molar refractivity (Wildman–Crippen MR) is 85.2 cm³/mol. The molecular weight excluding hydrogens is 290 g/mol. The molecule has 2 unspecified atom stereocenters. The van der Waals surface area contributed by atoms with Gasteiger partial charge in [-0.1, -0.05) is 41.9 Å². The van der Waals surface area contributed by atoms with E-state index in [2.05, 4.69) is 12.1 Å². The van der Waals surface area contributed by atoms with Crippen LogP contribution < -0.4 is 4.90 Å². The van der Waals surface area contributed by atoms with Crippen molar-refractivity contribution in [1.82, 2.24) is 0 Å². The molecule has 1 amide bonds. The third-order valence-corrected chi connectivity index (χ3v) is 4.94. The van der Waals surface area contributed by atoms with E-state index in [9.17, 15) is 4.79 Å². The van der Waals surface area contributed by atoms with Crippen LogP contribution in [0.25, 0.3) is 0 Å². The van der Waals surface area contributed by atoms with E-state index in [4.69, 9.17) is 11.6 Å². The smallest absolute Gasteiger partial charge is 0.241 e. The Labute approximate surface area is 127 Å². The maximum Gasteiger partial charge on any atom is 0.241 e. The quantitative estimate of drug-likeness (QED) is 0.813. The highest BCUT2D eigenvalue weighted by Crippen LogP contribution is 2.45. The lowest BCUT2D eigenvalue weighted by molar-refractivity contribution is -0.117. The third-order valence-electron chi connectivity index (χ3n) is 3.34. The first-order valence-corrected chi connectivity index (χ1v) is 7.78. The van der Waals surface area contributed by atoms with Crippen LogP contribution >= 0.6 is 23.4 Å². The van der Waals surface area contributed by atoms with Crippen molar-refractivity contribution in [3.05, 3.63) is 65.2 Å². The van der Waals surface area contributed by atoms with Gasteiger partial charge in [0.05, 0.1) is 5.25 Å². The maximum atomic E-state index is 12.4. The summed E-state index contributed by atoms with van der Waals surface area (Å²) in [6.45, 7) is 1.96. The van der Waals surface area contributed by atoms with Crippen LogP contribution in [0.2, 0.25) is 5.02 Å². The number of rotatable bonds is 2. The van der Waals surface area contributed by atoms with Crippen molar-refractivity contribution >= 4 is 35.0 Å². The molecule has 0 aliphatic carbocycles. The zero-order valence-electron chi connectivity index (χ0n) is 11.0. The topological polar surface area (TPSA) is 20.3 Å². The monoisotopic (exact) mass is 303 g/mol. The second-order valence-electron chi connectivity index (χ2n) is 4.73. The van der Waals surface area contributed by atoms with Gasteiger partial charge >= 0.3 is 0 Å². The second kappa shape index (κ2) is 5.51. The zero-order valence-corrected chi connectivity index (χ0v) is 12.6. The Bertz CT molecular complexity index is 614. The third kappa shape index (κ3) is 2.43. The minimum atomic E-state index is -0.0316. The van der Waals surface area contributed by atoms with Crippen molar-refractivity contribution in [2.45, 2.75) is 17.5 Å².